The van der Waals surface area contributed by atoms with Crippen LogP contribution in [0.1, 0.15) is 22.6 Å². The molecule has 3 heterocycles. The van der Waals surface area contributed by atoms with Crippen molar-refractivity contribution in [2.75, 3.05) is 18.4 Å². The highest BCUT2D eigenvalue weighted by Crippen LogP contribution is 2.52. The van der Waals surface area contributed by atoms with Gasteiger partial charge >= 0.3 is 0 Å². The van der Waals surface area contributed by atoms with Crippen LogP contribution in [0.25, 0.3) is 0 Å². The van der Waals surface area contributed by atoms with Crippen LogP contribution in [-0.4, -0.2) is 45.6 Å². The summed E-state index contributed by atoms with van der Waals surface area (Å²) in [5.74, 6) is -0.984. The molecule has 7 nitrogen and oxygen atoms in total. The minimum atomic E-state index is -0.362. The number of allylic oxidation sites excluding steroid dienone is 2. The molecule has 1 saturated carbocycles. The maximum atomic E-state index is 12.8. The number of nitrogens with zero attached hydrogens (tertiary/aromatic N) is 3. The van der Waals surface area contributed by atoms with Gasteiger partial charge in [-0.1, -0.05) is 42.5 Å². The van der Waals surface area contributed by atoms with Crippen molar-refractivity contribution in [1.82, 2.24) is 14.8 Å². The summed E-state index contributed by atoms with van der Waals surface area (Å²) in [7, 11) is 0. The average Bonchev–Trinajstić information content (AvgIpc) is 3.54. The van der Waals surface area contributed by atoms with Gasteiger partial charge in [-0.15, -0.1) is 11.3 Å². The van der Waals surface area contributed by atoms with Gasteiger partial charge in [-0.3, -0.25) is 24.2 Å². The molecule has 2 aliphatic carbocycles. The number of aromatic nitrogens is 1. The fourth-order valence-corrected chi connectivity index (χ4v) is 6.77. The van der Waals surface area contributed by atoms with Crippen molar-refractivity contribution < 1.29 is 14.4 Å². The van der Waals surface area contributed by atoms with E-state index in [1.54, 1.807) is 0 Å². The lowest BCUT2D eigenvalue weighted by Gasteiger charge is -2.25. The summed E-state index contributed by atoms with van der Waals surface area (Å²) in [5.41, 5.74) is 2.31. The highest BCUT2D eigenvalue weighted by molar-refractivity contribution is 7.15. The topological polar surface area (TPSA) is 82.6 Å². The van der Waals surface area contributed by atoms with E-state index in [2.05, 4.69) is 51.6 Å². The molecule has 1 N–H and O–H groups in total. The molecule has 3 amide bonds. The predicted octanol–water partition coefficient (Wildman–Crippen LogP) is 2.45. The summed E-state index contributed by atoms with van der Waals surface area (Å²) >= 11 is 1.48. The third-order valence-corrected chi connectivity index (χ3v) is 8.17. The third-order valence-electron chi connectivity index (χ3n) is 7.17. The van der Waals surface area contributed by atoms with Crippen LogP contribution in [0.5, 0.6) is 0 Å². The Kier molecular flexibility index (Phi) is 4.73. The molecule has 2 aliphatic heterocycles. The Labute approximate surface area is 190 Å². The number of amides is 3. The molecule has 4 aliphatic rings. The molecule has 1 aromatic heterocycles. The lowest BCUT2D eigenvalue weighted by Crippen LogP contribution is -2.39. The molecule has 6 rings (SSSR count). The second kappa shape index (κ2) is 7.64. The number of benzene rings is 1. The Morgan fingerprint density at radius 1 is 1.09 bits per heavy atom. The molecule has 1 aromatic carbocycles. The van der Waals surface area contributed by atoms with E-state index >= 15 is 0 Å². The number of nitrogens with one attached hydrogen (secondary N) is 1. The first-order valence-electron chi connectivity index (χ1n) is 11.1. The molecule has 4 atom stereocenters. The maximum absolute atomic E-state index is 12.8. The van der Waals surface area contributed by atoms with Gasteiger partial charge in [0.05, 0.1) is 17.5 Å². The second-order valence-corrected chi connectivity index (χ2v) is 10.2. The molecule has 1 saturated heterocycles. The van der Waals surface area contributed by atoms with E-state index in [0.717, 1.165) is 47.9 Å². The Hall–Kier alpha value is -2.84. The summed E-state index contributed by atoms with van der Waals surface area (Å²) in [5, 5.41) is 3.37. The van der Waals surface area contributed by atoms with Crippen molar-refractivity contribution in [2.45, 2.75) is 25.9 Å². The van der Waals surface area contributed by atoms with Gasteiger partial charge in [-0.25, -0.2) is 4.98 Å². The van der Waals surface area contributed by atoms with Crippen molar-refractivity contribution in [3.05, 3.63) is 58.6 Å². The van der Waals surface area contributed by atoms with E-state index in [0.29, 0.717) is 5.13 Å². The first-order chi connectivity index (χ1) is 15.6. The highest BCUT2D eigenvalue weighted by Gasteiger charge is 2.59. The molecule has 0 spiro atoms. The molecule has 8 heteroatoms. The summed E-state index contributed by atoms with van der Waals surface area (Å²) in [6, 6.07) is 10.4. The third kappa shape index (κ3) is 3.29. The zero-order valence-electron chi connectivity index (χ0n) is 17.6. The van der Waals surface area contributed by atoms with Gasteiger partial charge in [0.15, 0.2) is 5.13 Å². The first-order valence-corrected chi connectivity index (χ1v) is 12.0. The number of fused-ring (bicyclic) bond motifs is 6. The van der Waals surface area contributed by atoms with E-state index < -0.39 is 0 Å². The minimum absolute atomic E-state index is 0.152. The molecule has 2 aromatic rings. The quantitative estimate of drug-likeness (QED) is 0.561. The minimum Gasteiger partial charge on any atom is -0.300 e. The first kappa shape index (κ1) is 19.8. The Bertz CT molecular complexity index is 1100. The average molecular weight is 449 g/mol. The van der Waals surface area contributed by atoms with Gasteiger partial charge in [0, 0.05) is 30.9 Å². The Balaban J connectivity index is 1.08. The van der Waals surface area contributed by atoms with E-state index in [4.69, 9.17) is 0 Å². The number of rotatable bonds is 5. The Morgan fingerprint density at radius 2 is 1.81 bits per heavy atom. The van der Waals surface area contributed by atoms with E-state index in [-0.39, 0.29) is 47.9 Å². The standard InChI is InChI=1S/C24H24N4O3S/c29-19(13-28-22(30)20-15-6-7-16(10-15)21(20)23(28)31)26-24-25-17-8-9-27(12-18(17)32-24)11-14-4-2-1-3-5-14/h1-7,15-16,20-21H,8-13H2,(H,25,26,29). The van der Waals surface area contributed by atoms with Crippen LogP contribution in [0.3, 0.4) is 0 Å². The molecule has 4 unspecified atom stereocenters. The fraction of sp³-hybridized carbons (Fsp3) is 0.417. The van der Waals surface area contributed by atoms with E-state index in [1.807, 2.05) is 6.07 Å². The van der Waals surface area contributed by atoms with E-state index in [1.165, 1.54) is 16.9 Å². The number of hydrogen-bond acceptors (Lipinski definition) is 6. The zero-order chi connectivity index (χ0) is 21.8. The van der Waals surface area contributed by atoms with Crippen LogP contribution in [-0.2, 0) is 33.9 Å². The number of imide groups is 1. The van der Waals surface area contributed by atoms with Crippen LogP contribution in [0.2, 0.25) is 0 Å². The number of carbonyl (C=O) groups excluding carboxylic acids is 3. The normalized spacial score (nSPS) is 28.3. The van der Waals surface area contributed by atoms with Gasteiger partial charge in [0.1, 0.15) is 6.54 Å². The van der Waals surface area contributed by atoms with Crippen LogP contribution < -0.4 is 5.32 Å². The van der Waals surface area contributed by atoms with Crippen molar-refractivity contribution in [3.63, 3.8) is 0 Å². The van der Waals surface area contributed by atoms with Crippen molar-refractivity contribution in [3.8, 4) is 0 Å². The maximum Gasteiger partial charge on any atom is 0.246 e. The zero-order valence-corrected chi connectivity index (χ0v) is 18.4. The van der Waals surface area contributed by atoms with Gasteiger partial charge in [0.2, 0.25) is 17.7 Å². The van der Waals surface area contributed by atoms with Gasteiger partial charge < -0.3 is 5.32 Å². The summed E-state index contributed by atoms with van der Waals surface area (Å²) in [4.78, 5) is 47.5. The largest absolute Gasteiger partial charge is 0.300 e. The van der Waals surface area contributed by atoms with Crippen molar-refractivity contribution in [2.24, 2.45) is 23.7 Å². The Morgan fingerprint density at radius 3 is 2.53 bits per heavy atom. The lowest BCUT2D eigenvalue weighted by molar-refractivity contribution is -0.143. The van der Waals surface area contributed by atoms with Crippen molar-refractivity contribution >= 4 is 34.2 Å². The number of anilines is 1. The monoisotopic (exact) mass is 448 g/mol. The molecule has 2 bridgehead atoms. The van der Waals surface area contributed by atoms with Gasteiger partial charge in [-0.05, 0) is 23.8 Å². The molecular weight excluding hydrogens is 424 g/mol. The van der Waals surface area contributed by atoms with Crippen LogP contribution in [0.4, 0.5) is 5.13 Å². The fourth-order valence-electron chi connectivity index (χ4n) is 5.70. The summed E-state index contributed by atoms with van der Waals surface area (Å²) in [6.45, 7) is 2.39. The van der Waals surface area contributed by atoms with Crippen LogP contribution in [0, 0.1) is 23.7 Å². The predicted molar refractivity (Wildman–Crippen MR) is 119 cm³/mol. The summed E-state index contributed by atoms with van der Waals surface area (Å²) < 4.78 is 0. The highest BCUT2D eigenvalue weighted by atomic mass is 32.1. The van der Waals surface area contributed by atoms with E-state index in [9.17, 15) is 14.4 Å². The number of thiazole rings is 1. The van der Waals surface area contributed by atoms with Gasteiger partial charge in [-0.2, -0.15) is 0 Å². The molecule has 2 fully saturated rings. The summed E-state index contributed by atoms with van der Waals surface area (Å²) in [6.07, 6.45) is 5.85. The molecular formula is C24H24N4O3S. The van der Waals surface area contributed by atoms with Crippen LogP contribution in [0.15, 0.2) is 42.5 Å². The molecule has 0 radical (unpaired) electrons. The van der Waals surface area contributed by atoms with Crippen LogP contribution >= 0.6 is 11.3 Å². The van der Waals surface area contributed by atoms with Gasteiger partial charge in [0.25, 0.3) is 0 Å². The molecule has 32 heavy (non-hydrogen) atoms. The number of carbonyl (C=O) groups is 3. The smallest absolute Gasteiger partial charge is 0.246 e. The number of hydrogen-bond donors (Lipinski definition) is 1. The number of likely N-dealkylation sites (tertiary alicyclic amines) is 1. The lowest BCUT2D eigenvalue weighted by atomic mass is 9.85. The SMILES string of the molecule is O=C(CN1C(=O)C2C3C=CC(C3)C2C1=O)Nc1nc2c(s1)CN(Cc1ccccc1)CC2. The molecule has 164 valence electrons. The van der Waals surface area contributed by atoms with Crippen molar-refractivity contribution in [1.29, 1.82) is 0 Å². The second-order valence-electron chi connectivity index (χ2n) is 9.15.